The third-order valence-electron chi connectivity index (χ3n) is 3.64. The number of benzene rings is 1. The first-order valence-electron chi connectivity index (χ1n) is 8.12. The van der Waals surface area contributed by atoms with Gasteiger partial charge in [0.1, 0.15) is 11.4 Å². The molecule has 2 heterocycles. The van der Waals surface area contributed by atoms with Crippen LogP contribution in [0, 0.1) is 0 Å². The normalized spacial score (nSPS) is 11.3. The molecule has 3 aromatic rings. The van der Waals surface area contributed by atoms with Gasteiger partial charge < -0.3 is 9.30 Å². The maximum Gasteiger partial charge on any atom is 0.341 e. The van der Waals surface area contributed by atoms with E-state index in [9.17, 15) is 4.79 Å². The lowest BCUT2D eigenvalue weighted by molar-refractivity contribution is -0.136. The Hall–Kier alpha value is -3.21. The number of imidazole rings is 1. The van der Waals surface area contributed by atoms with Gasteiger partial charge in [0.15, 0.2) is 0 Å². The molecule has 0 aliphatic heterocycles. The monoisotopic (exact) mass is 333 g/mol. The molecule has 2 aromatic heterocycles. The Morgan fingerprint density at radius 2 is 2.00 bits per heavy atom. The third kappa shape index (κ3) is 4.20. The highest BCUT2D eigenvalue weighted by atomic mass is 16.5. The third-order valence-corrected chi connectivity index (χ3v) is 3.64. The molecule has 0 fully saturated rings. The van der Waals surface area contributed by atoms with Crippen LogP contribution in [0.3, 0.4) is 0 Å². The van der Waals surface area contributed by atoms with E-state index in [0.717, 1.165) is 11.1 Å². The lowest BCUT2D eigenvalue weighted by atomic mass is 10.1. The molecular formula is C20H19N3O2. The largest absolute Gasteiger partial charge is 0.462 e. The fourth-order valence-electron chi connectivity index (χ4n) is 2.51. The van der Waals surface area contributed by atoms with Crippen molar-refractivity contribution in [2.24, 2.45) is 0 Å². The van der Waals surface area contributed by atoms with E-state index in [0.29, 0.717) is 24.5 Å². The molecule has 0 atom stereocenters. The van der Waals surface area contributed by atoms with Crippen LogP contribution < -0.4 is 0 Å². The SMILES string of the molecule is CCOC(=O)C(=Cc1cccnc1)c1nccn1Cc1ccccc1. The van der Waals surface area contributed by atoms with Gasteiger partial charge in [-0.05, 0) is 30.2 Å². The summed E-state index contributed by atoms with van der Waals surface area (Å²) in [5.74, 6) is 0.179. The molecule has 5 heteroatoms. The van der Waals surface area contributed by atoms with Gasteiger partial charge in [-0.25, -0.2) is 9.78 Å². The van der Waals surface area contributed by atoms with Crippen molar-refractivity contribution in [1.29, 1.82) is 0 Å². The maximum atomic E-state index is 12.5. The minimum Gasteiger partial charge on any atom is -0.462 e. The van der Waals surface area contributed by atoms with Crippen molar-refractivity contribution in [1.82, 2.24) is 14.5 Å². The molecule has 0 N–H and O–H groups in total. The minimum absolute atomic E-state index is 0.308. The van der Waals surface area contributed by atoms with Gasteiger partial charge in [-0.2, -0.15) is 0 Å². The van der Waals surface area contributed by atoms with Crippen LogP contribution in [0.25, 0.3) is 11.6 Å². The summed E-state index contributed by atoms with van der Waals surface area (Å²) < 4.78 is 7.16. The second kappa shape index (κ2) is 8.06. The Morgan fingerprint density at radius 3 is 2.72 bits per heavy atom. The summed E-state index contributed by atoms with van der Waals surface area (Å²) in [6, 6.07) is 13.7. The molecule has 0 aliphatic rings. The molecule has 0 radical (unpaired) electrons. The van der Waals surface area contributed by atoms with Gasteiger partial charge in [-0.3, -0.25) is 4.98 Å². The summed E-state index contributed by atoms with van der Waals surface area (Å²) in [6.07, 6.45) is 8.70. The van der Waals surface area contributed by atoms with Crippen LogP contribution >= 0.6 is 0 Å². The molecule has 0 aliphatic carbocycles. The molecule has 0 unspecified atom stereocenters. The number of rotatable bonds is 6. The first kappa shape index (κ1) is 16.6. The standard InChI is InChI=1S/C20H19N3O2/c1-2-25-20(24)18(13-17-9-6-10-21-14-17)19-22-11-12-23(19)15-16-7-4-3-5-8-16/h3-14H,2,15H2,1H3. The fraction of sp³-hybridized carbons (Fsp3) is 0.150. The van der Waals surface area contributed by atoms with E-state index in [1.54, 1.807) is 31.6 Å². The summed E-state index contributed by atoms with van der Waals surface area (Å²) in [6.45, 7) is 2.72. The van der Waals surface area contributed by atoms with Crippen molar-refractivity contribution in [3.05, 3.63) is 84.2 Å². The molecular weight excluding hydrogens is 314 g/mol. The highest BCUT2D eigenvalue weighted by molar-refractivity contribution is 6.20. The first-order valence-corrected chi connectivity index (χ1v) is 8.12. The van der Waals surface area contributed by atoms with Crippen molar-refractivity contribution >= 4 is 17.6 Å². The summed E-state index contributed by atoms with van der Waals surface area (Å²) in [7, 11) is 0. The summed E-state index contributed by atoms with van der Waals surface area (Å²) in [5, 5.41) is 0. The van der Waals surface area contributed by atoms with Crippen molar-refractivity contribution in [2.75, 3.05) is 6.61 Å². The van der Waals surface area contributed by atoms with Gasteiger partial charge in [-0.15, -0.1) is 0 Å². The van der Waals surface area contributed by atoms with E-state index in [-0.39, 0.29) is 0 Å². The number of nitrogens with zero attached hydrogens (tertiary/aromatic N) is 3. The Labute approximate surface area is 146 Å². The van der Waals surface area contributed by atoms with E-state index in [2.05, 4.69) is 9.97 Å². The predicted octanol–water partition coefficient (Wildman–Crippen LogP) is 3.43. The zero-order chi connectivity index (χ0) is 17.5. The van der Waals surface area contributed by atoms with Crippen molar-refractivity contribution in [3.8, 4) is 0 Å². The average Bonchev–Trinajstić information content (AvgIpc) is 3.09. The fourth-order valence-corrected chi connectivity index (χ4v) is 2.51. The highest BCUT2D eigenvalue weighted by Gasteiger charge is 2.18. The molecule has 0 spiro atoms. The number of aromatic nitrogens is 3. The molecule has 126 valence electrons. The van der Waals surface area contributed by atoms with Crippen LogP contribution in [-0.4, -0.2) is 27.1 Å². The number of hydrogen-bond acceptors (Lipinski definition) is 4. The van der Waals surface area contributed by atoms with Crippen molar-refractivity contribution in [2.45, 2.75) is 13.5 Å². The molecule has 25 heavy (non-hydrogen) atoms. The number of hydrogen-bond donors (Lipinski definition) is 0. The van der Waals surface area contributed by atoms with Gasteiger partial charge >= 0.3 is 5.97 Å². The van der Waals surface area contributed by atoms with Crippen molar-refractivity contribution in [3.63, 3.8) is 0 Å². The molecule has 0 bridgehead atoms. The molecule has 0 saturated carbocycles. The van der Waals surface area contributed by atoms with Crippen LogP contribution in [0.1, 0.15) is 23.9 Å². The first-order chi connectivity index (χ1) is 12.3. The average molecular weight is 333 g/mol. The zero-order valence-electron chi connectivity index (χ0n) is 14.0. The van der Waals surface area contributed by atoms with E-state index in [1.807, 2.05) is 53.2 Å². The van der Waals surface area contributed by atoms with Crippen LogP contribution in [-0.2, 0) is 16.1 Å². The van der Waals surface area contributed by atoms with Crippen molar-refractivity contribution < 1.29 is 9.53 Å². The van der Waals surface area contributed by atoms with E-state index < -0.39 is 5.97 Å². The Morgan fingerprint density at radius 1 is 1.16 bits per heavy atom. The van der Waals surface area contributed by atoms with Gasteiger partial charge in [-0.1, -0.05) is 36.4 Å². The van der Waals surface area contributed by atoms with E-state index >= 15 is 0 Å². The second-order valence-electron chi connectivity index (χ2n) is 5.43. The quantitative estimate of drug-likeness (QED) is 0.512. The number of ether oxygens (including phenoxy) is 1. The molecule has 0 amide bonds. The van der Waals surface area contributed by atoms with Crippen LogP contribution in [0.5, 0.6) is 0 Å². The topological polar surface area (TPSA) is 57.0 Å². The maximum absolute atomic E-state index is 12.5. The predicted molar refractivity (Wildman–Crippen MR) is 96.5 cm³/mol. The number of carbonyl (C=O) groups is 1. The van der Waals surface area contributed by atoms with E-state index in [1.165, 1.54) is 0 Å². The van der Waals surface area contributed by atoms with Crippen LogP contribution in [0.4, 0.5) is 0 Å². The van der Waals surface area contributed by atoms with Crippen LogP contribution in [0.15, 0.2) is 67.3 Å². The van der Waals surface area contributed by atoms with Crippen LogP contribution in [0.2, 0.25) is 0 Å². The summed E-state index contributed by atoms with van der Waals surface area (Å²) in [4.78, 5) is 21.0. The summed E-state index contributed by atoms with van der Waals surface area (Å²) in [5.41, 5.74) is 2.36. The lowest BCUT2D eigenvalue weighted by Gasteiger charge is -2.11. The number of carbonyl (C=O) groups excluding carboxylic acids is 1. The summed E-state index contributed by atoms with van der Waals surface area (Å²) >= 11 is 0. The van der Waals surface area contributed by atoms with E-state index in [4.69, 9.17) is 4.74 Å². The molecule has 1 aromatic carbocycles. The number of pyridine rings is 1. The van der Waals surface area contributed by atoms with Gasteiger partial charge in [0, 0.05) is 31.3 Å². The Balaban J connectivity index is 1.98. The molecule has 5 nitrogen and oxygen atoms in total. The zero-order valence-corrected chi connectivity index (χ0v) is 14.0. The Bertz CT molecular complexity index is 855. The Kier molecular flexibility index (Phi) is 5.36. The smallest absolute Gasteiger partial charge is 0.341 e. The van der Waals surface area contributed by atoms with Gasteiger partial charge in [0.25, 0.3) is 0 Å². The second-order valence-corrected chi connectivity index (χ2v) is 5.43. The molecule has 0 saturated heterocycles. The minimum atomic E-state index is -0.396. The van der Waals surface area contributed by atoms with Gasteiger partial charge in [0.2, 0.25) is 0 Å². The number of esters is 1. The van der Waals surface area contributed by atoms with Gasteiger partial charge in [0.05, 0.1) is 6.61 Å². The molecule has 3 rings (SSSR count). The highest BCUT2D eigenvalue weighted by Crippen LogP contribution is 2.19. The lowest BCUT2D eigenvalue weighted by Crippen LogP contribution is -2.12.